The fraction of sp³-hybridized carbons (Fsp3) is 0.273. The number of aryl methyl sites for hydroxylation is 1. The molecule has 0 aliphatic rings. The van der Waals surface area contributed by atoms with Gasteiger partial charge in [-0.1, -0.05) is 6.07 Å². The first-order chi connectivity index (χ1) is 6.74. The highest BCUT2D eigenvalue weighted by Crippen LogP contribution is 2.34. The molecular formula is C11H12BrNS. The predicted molar refractivity (Wildman–Crippen MR) is 67.0 cm³/mol. The molecule has 0 saturated heterocycles. The van der Waals surface area contributed by atoms with Gasteiger partial charge in [-0.2, -0.15) is 0 Å². The number of rotatable bonds is 2. The first-order valence-electron chi connectivity index (χ1n) is 4.59. The van der Waals surface area contributed by atoms with E-state index in [1.54, 1.807) is 11.3 Å². The lowest BCUT2D eigenvalue weighted by Crippen LogP contribution is -2.02. The van der Waals surface area contributed by atoms with Crippen molar-refractivity contribution in [1.82, 2.24) is 0 Å². The second-order valence-electron chi connectivity index (χ2n) is 3.37. The standard InChI is InChI=1S/C11H12BrNS/c1-7-2-3-9(12)11-10(7)8(4-5-13)6-14-11/h2-3,6H,4-5,13H2,1H3. The molecule has 0 aliphatic heterocycles. The van der Waals surface area contributed by atoms with Gasteiger partial charge in [-0.3, -0.25) is 0 Å². The van der Waals surface area contributed by atoms with Crippen molar-refractivity contribution in [1.29, 1.82) is 0 Å². The second-order valence-corrected chi connectivity index (χ2v) is 5.10. The summed E-state index contributed by atoms with van der Waals surface area (Å²) in [6.45, 7) is 2.87. The second kappa shape index (κ2) is 4.01. The molecule has 0 saturated carbocycles. The van der Waals surface area contributed by atoms with Gasteiger partial charge in [-0.05, 0) is 63.8 Å². The molecule has 0 unspecified atom stereocenters. The molecule has 1 heterocycles. The van der Waals surface area contributed by atoms with Crippen molar-refractivity contribution in [2.75, 3.05) is 6.54 Å². The van der Waals surface area contributed by atoms with Gasteiger partial charge in [0.05, 0.1) is 0 Å². The maximum Gasteiger partial charge on any atom is 0.0490 e. The summed E-state index contributed by atoms with van der Waals surface area (Å²) in [6, 6.07) is 4.26. The molecule has 74 valence electrons. The summed E-state index contributed by atoms with van der Waals surface area (Å²) in [4.78, 5) is 0. The SMILES string of the molecule is Cc1ccc(Br)c2scc(CCN)c12. The summed E-state index contributed by atoms with van der Waals surface area (Å²) in [5.41, 5.74) is 8.31. The zero-order valence-electron chi connectivity index (χ0n) is 8.01. The fourth-order valence-electron chi connectivity index (χ4n) is 1.70. The van der Waals surface area contributed by atoms with Crippen molar-refractivity contribution in [3.05, 3.63) is 33.1 Å². The van der Waals surface area contributed by atoms with Crippen LogP contribution in [-0.4, -0.2) is 6.54 Å². The smallest absolute Gasteiger partial charge is 0.0490 e. The molecule has 2 N–H and O–H groups in total. The van der Waals surface area contributed by atoms with Crippen LogP contribution in [0.15, 0.2) is 22.0 Å². The van der Waals surface area contributed by atoms with Gasteiger partial charge < -0.3 is 5.73 Å². The molecule has 3 heteroatoms. The minimum absolute atomic E-state index is 0.720. The first-order valence-corrected chi connectivity index (χ1v) is 6.26. The molecule has 0 bridgehead atoms. The molecule has 1 nitrogen and oxygen atoms in total. The normalized spacial score (nSPS) is 11.1. The van der Waals surface area contributed by atoms with Crippen molar-refractivity contribution in [2.45, 2.75) is 13.3 Å². The molecular weight excluding hydrogens is 258 g/mol. The monoisotopic (exact) mass is 269 g/mol. The Hall–Kier alpha value is -0.380. The van der Waals surface area contributed by atoms with E-state index in [2.05, 4.69) is 40.4 Å². The van der Waals surface area contributed by atoms with E-state index in [9.17, 15) is 0 Å². The van der Waals surface area contributed by atoms with Gasteiger partial charge >= 0.3 is 0 Å². The van der Waals surface area contributed by atoms with E-state index in [4.69, 9.17) is 5.73 Å². The van der Waals surface area contributed by atoms with Crippen molar-refractivity contribution >= 4 is 37.4 Å². The number of halogens is 1. The highest BCUT2D eigenvalue weighted by molar-refractivity contribution is 9.10. The van der Waals surface area contributed by atoms with E-state index in [0.29, 0.717) is 0 Å². The van der Waals surface area contributed by atoms with E-state index in [1.165, 1.54) is 25.7 Å². The van der Waals surface area contributed by atoms with Crippen molar-refractivity contribution < 1.29 is 0 Å². The average Bonchev–Trinajstić information content (AvgIpc) is 2.58. The molecule has 1 aromatic carbocycles. The van der Waals surface area contributed by atoms with E-state index in [-0.39, 0.29) is 0 Å². The highest BCUT2D eigenvalue weighted by atomic mass is 79.9. The van der Waals surface area contributed by atoms with Crippen LogP contribution in [-0.2, 0) is 6.42 Å². The van der Waals surface area contributed by atoms with E-state index < -0.39 is 0 Å². The summed E-state index contributed by atoms with van der Waals surface area (Å²) in [5.74, 6) is 0. The fourth-order valence-corrected chi connectivity index (χ4v) is 3.40. The minimum atomic E-state index is 0.720. The maximum absolute atomic E-state index is 5.59. The van der Waals surface area contributed by atoms with Gasteiger partial charge in [-0.25, -0.2) is 0 Å². The molecule has 0 radical (unpaired) electrons. The van der Waals surface area contributed by atoms with Crippen LogP contribution in [0.25, 0.3) is 10.1 Å². The van der Waals surface area contributed by atoms with Crippen molar-refractivity contribution in [2.24, 2.45) is 5.73 Å². The molecule has 14 heavy (non-hydrogen) atoms. The molecule has 1 aromatic heterocycles. The Kier molecular flexibility index (Phi) is 2.91. The van der Waals surface area contributed by atoms with E-state index in [1.807, 2.05) is 0 Å². The maximum atomic E-state index is 5.59. The topological polar surface area (TPSA) is 26.0 Å². The van der Waals surface area contributed by atoms with Crippen LogP contribution in [0.1, 0.15) is 11.1 Å². The summed E-state index contributed by atoms with van der Waals surface area (Å²) < 4.78 is 2.53. The molecule has 2 aromatic rings. The van der Waals surface area contributed by atoms with Gasteiger partial charge in [0.25, 0.3) is 0 Å². The van der Waals surface area contributed by atoms with Crippen LogP contribution >= 0.6 is 27.3 Å². The lowest BCUT2D eigenvalue weighted by Gasteiger charge is -2.01. The Morgan fingerprint density at radius 1 is 1.43 bits per heavy atom. The van der Waals surface area contributed by atoms with Gasteiger partial charge in [0.2, 0.25) is 0 Å². The van der Waals surface area contributed by atoms with Crippen molar-refractivity contribution in [3.63, 3.8) is 0 Å². The third kappa shape index (κ3) is 1.60. The van der Waals surface area contributed by atoms with E-state index >= 15 is 0 Å². The lowest BCUT2D eigenvalue weighted by atomic mass is 10.1. The summed E-state index contributed by atoms with van der Waals surface area (Å²) in [6.07, 6.45) is 0.970. The molecule has 0 aliphatic carbocycles. The third-order valence-electron chi connectivity index (χ3n) is 2.37. The average molecular weight is 270 g/mol. The van der Waals surface area contributed by atoms with Gasteiger partial charge in [0.1, 0.15) is 0 Å². The van der Waals surface area contributed by atoms with Crippen LogP contribution in [0.4, 0.5) is 0 Å². The summed E-state index contributed by atoms with van der Waals surface area (Å²) in [5, 5.41) is 3.60. The largest absolute Gasteiger partial charge is 0.330 e. The zero-order chi connectivity index (χ0) is 10.1. The van der Waals surface area contributed by atoms with Crippen LogP contribution in [0.5, 0.6) is 0 Å². The molecule has 0 spiro atoms. The van der Waals surface area contributed by atoms with Crippen LogP contribution in [0, 0.1) is 6.92 Å². The Morgan fingerprint density at radius 2 is 2.21 bits per heavy atom. The number of hydrogen-bond donors (Lipinski definition) is 1. The van der Waals surface area contributed by atoms with Crippen LogP contribution in [0.2, 0.25) is 0 Å². The number of thiophene rings is 1. The van der Waals surface area contributed by atoms with Crippen LogP contribution < -0.4 is 5.73 Å². The molecule has 0 fully saturated rings. The predicted octanol–water partition coefficient (Wildman–Crippen LogP) is 3.47. The van der Waals surface area contributed by atoms with Gasteiger partial charge in [0.15, 0.2) is 0 Å². The van der Waals surface area contributed by atoms with Crippen LogP contribution in [0.3, 0.4) is 0 Å². The highest BCUT2D eigenvalue weighted by Gasteiger charge is 2.08. The van der Waals surface area contributed by atoms with E-state index in [0.717, 1.165) is 13.0 Å². The first kappa shape index (κ1) is 10.1. The Bertz CT molecular complexity index is 462. The number of nitrogens with two attached hydrogens (primary N) is 1. The Balaban J connectivity index is 2.70. The minimum Gasteiger partial charge on any atom is -0.330 e. The Labute approximate surface area is 96.1 Å². The van der Waals surface area contributed by atoms with Crippen molar-refractivity contribution in [3.8, 4) is 0 Å². The summed E-state index contributed by atoms with van der Waals surface area (Å²) >= 11 is 5.37. The number of fused-ring (bicyclic) bond motifs is 1. The molecule has 2 rings (SSSR count). The third-order valence-corrected chi connectivity index (χ3v) is 4.36. The van der Waals surface area contributed by atoms with Gasteiger partial charge in [0, 0.05) is 9.17 Å². The molecule has 0 atom stereocenters. The summed E-state index contributed by atoms with van der Waals surface area (Å²) in [7, 11) is 0. The zero-order valence-corrected chi connectivity index (χ0v) is 10.4. The van der Waals surface area contributed by atoms with Gasteiger partial charge in [-0.15, -0.1) is 11.3 Å². The Morgan fingerprint density at radius 3 is 2.93 bits per heavy atom. The molecule has 0 amide bonds. The number of benzene rings is 1. The lowest BCUT2D eigenvalue weighted by molar-refractivity contribution is 0.980. The number of hydrogen-bond acceptors (Lipinski definition) is 2. The quantitative estimate of drug-likeness (QED) is 0.888.